The molecule has 2 aromatic carbocycles. The number of thiocarbonyl (C=S) groups is 1. The van der Waals surface area contributed by atoms with Crippen LogP contribution in [0.15, 0.2) is 45.3 Å². The summed E-state index contributed by atoms with van der Waals surface area (Å²) in [6.45, 7) is 4.15. The Morgan fingerprint density at radius 2 is 1.76 bits per heavy atom. The van der Waals surface area contributed by atoms with Crippen LogP contribution in [0.2, 0.25) is 0 Å². The van der Waals surface area contributed by atoms with Gasteiger partial charge in [-0.15, -0.1) is 0 Å². The lowest BCUT2D eigenvalue weighted by molar-refractivity contribution is 0.0974. The van der Waals surface area contributed by atoms with Gasteiger partial charge in [0.15, 0.2) is 5.11 Å². The summed E-state index contributed by atoms with van der Waals surface area (Å²) >= 11 is 12.1. The Labute approximate surface area is 192 Å². The van der Waals surface area contributed by atoms with Crippen LogP contribution >= 0.6 is 44.1 Å². The van der Waals surface area contributed by atoms with Crippen molar-refractivity contribution in [3.8, 4) is 5.75 Å². The number of halogens is 2. The number of rotatable bonds is 4. The first-order valence-corrected chi connectivity index (χ1v) is 11.1. The highest BCUT2D eigenvalue weighted by Gasteiger charge is 2.18. The predicted molar refractivity (Wildman–Crippen MR) is 128 cm³/mol. The van der Waals surface area contributed by atoms with E-state index in [1.54, 1.807) is 6.07 Å². The summed E-state index contributed by atoms with van der Waals surface area (Å²) in [6.07, 6.45) is 0. The molecular formula is C20H22Br2N4O2S. The second-order valence-corrected chi connectivity index (χ2v) is 8.89. The van der Waals surface area contributed by atoms with E-state index >= 15 is 0 Å². The molecule has 0 radical (unpaired) electrons. The number of ether oxygens (including phenoxy) is 1. The molecule has 0 saturated carbocycles. The van der Waals surface area contributed by atoms with E-state index in [1.807, 2.05) is 18.2 Å². The van der Waals surface area contributed by atoms with Crippen LogP contribution < -0.4 is 20.3 Å². The average Bonchev–Trinajstić information content (AvgIpc) is 2.68. The summed E-state index contributed by atoms with van der Waals surface area (Å²) in [4.78, 5) is 17.3. The van der Waals surface area contributed by atoms with E-state index in [9.17, 15) is 4.79 Å². The number of likely N-dealkylation sites (N-methyl/N-ethyl adjacent to an activating group) is 1. The van der Waals surface area contributed by atoms with Gasteiger partial charge in [0.2, 0.25) is 0 Å². The first kappa shape index (κ1) is 22.0. The van der Waals surface area contributed by atoms with Crippen molar-refractivity contribution >= 4 is 66.5 Å². The highest BCUT2D eigenvalue weighted by atomic mass is 79.9. The van der Waals surface area contributed by atoms with Gasteiger partial charge in [-0.05, 0) is 71.6 Å². The van der Waals surface area contributed by atoms with Gasteiger partial charge in [-0.25, -0.2) is 0 Å². The molecule has 0 aromatic heterocycles. The number of nitrogens with one attached hydrogen (secondary N) is 2. The van der Waals surface area contributed by atoms with Crippen molar-refractivity contribution in [1.29, 1.82) is 0 Å². The second kappa shape index (κ2) is 9.88. The number of piperazine rings is 1. The van der Waals surface area contributed by atoms with Gasteiger partial charge in [0.05, 0.1) is 17.1 Å². The van der Waals surface area contributed by atoms with E-state index < -0.39 is 0 Å². The number of carbonyl (C=O) groups excluding carboxylic acids is 1. The molecule has 0 unspecified atom stereocenters. The molecule has 1 saturated heterocycles. The third-order valence-corrected chi connectivity index (χ3v) is 5.93. The van der Waals surface area contributed by atoms with Crippen molar-refractivity contribution < 1.29 is 9.53 Å². The summed E-state index contributed by atoms with van der Waals surface area (Å²) in [5.41, 5.74) is 2.38. The van der Waals surface area contributed by atoms with Gasteiger partial charge in [-0.1, -0.05) is 15.9 Å². The van der Waals surface area contributed by atoms with Crippen LogP contribution in [-0.2, 0) is 0 Å². The first-order chi connectivity index (χ1) is 13.9. The largest absolute Gasteiger partial charge is 0.495 e. The standard InChI is InChI=1S/C20H22Br2N4O2S/c1-25-7-9-26(10-8-25)15-5-3-14(4-6-15)23-20(29)24-19(27)16-11-13(21)12-17(22)18(16)28-2/h3-6,11-12H,7-10H2,1-2H3,(H2,23,24,27,29). The molecular weight excluding hydrogens is 520 g/mol. The fourth-order valence-electron chi connectivity index (χ4n) is 3.09. The van der Waals surface area contributed by atoms with Gasteiger partial charge in [0, 0.05) is 42.0 Å². The smallest absolute Gasteiger partial charge is 0.261 e. The molecule has 1 fully saturated rings. The molecule has 154 valence electrons. The SMILES string of the molecule is COc1c(Br)cc(Br)cc1C(=O)NC(=S)Nc1ccc(N2CCN(C)CC2)cc1. The van der Waals surface area contributed by atoms with Gasteiger partial charge < -0.3 is 19.9 Å². The third kappa shape index (κ3) is 5.69. The molecule has 29 heavy (non-hydrogen) atoms. The predicted octanol–water partition coefficient (Wildman–Crippen LogP) is 4.10. The molecule has 1 amide bonds. The number of amides is 1. The summed E-state index contributed by atoms with van der Waals surface area (Å²) in [5, 5.41) is 5.98. The Hall–Kier alpha value is -1.68. The van der Waals surface area contributed by atoms with Crippen LogP contribution in [0.25, 0.3) is 0 Å². The monoisotopic (exact) mass is 540 g/mol. The normalized spacial score (nSPS) is 14.4. The van der Waals surface area contributed by atoms with E-state index in [-0.39, 0.29) is 11.0 Å². The van der Waals surface area contributed by atoms with Crippen LogP contribution in [0.1, 0.15) is 10.4 Å². The molecule has 1 heterocycles. The van der Waals surface area contributed by atoms with Crippen LogP contribution in [0, 0.1) is 0 Å². The summed E-state index contributed by atoms with van der Waals surface area (Å²) in [7, 11) is 3.66. The maximum Gasteiger partial charge on any atom is 0.261 e. The van der Waals surface area contributed by atoms with Crippen LogP contribution in [0.4, 0.5) is 11.4 Å². The van der Waals surface area contributed by atoms with Crippen LogP contribution in [0.5, 0.6) is 5.75 Å². The maximum absolute atomic E-state index is 12.6. The Kier molecular flexibility index (Phi) is 7.50. The number of methoxy groups -OCH3 is 1. The third-order valence-electron chi connectivity index (χ3n) is 4.68. The summed E-state index contributed by atoms with van der Waals surface area (Å²) < 4.78 is 6.77. The lowest BCUT2D eigenvalue weighted by Crippen LogP contribution is -2.44. The van der Waals surface area contributed by atoms with Gasteiger partial charge >= 0.3 is 0 Å². The number of nitrogens with zero attached hydrogens (tertiary/aromatic N) is 2. The number of hydrogen-bond donors (Lipinski definition) is 2. The van der Waals surface area contributed by atoms with Crippen LogP contribution in [-0.4, -0.2) is 56.3 Å². The van der Waals surface area contributed by atoms with E-state index in [0.717, 1.165) is 36.3 Å². The Morgan fingerprint density at radius 1 is 1.10 bits per heavy atom. The van der Waals surface area contributed by atoms with Crippen molar-refractivity contribution in [3.63, 3.8) is 0 Å². The molecule has 0 bridgehead atoms. The minimum absolute atomic E-state index is 0.223. The second-order valence-electron chi connectivity index (χ2n) is 6.71. The molecule has 3 rings (SSSR count). The average molecular weight is 542 g/mol. The van der Waals surface area contributed by atoms with E-state index in [2.05, 4.69) is 71.5 Å². The molecule has 0 atom stereocenters. The van der Waals surface area contributed by atoms with E-state index in [1.165, 1.54) is 12.8 Å². The minimum Gasteiger partial charge on any atom is -0.495 e. The maximum atomic E-state index is 12.6. The molecule has 2 N–H and O–H groups in total. The Morgan fingerprint density at radius 3 is 2.38 bits per heavy atom. The number of anilines is 2. The van der Waals surface area contributed by atoms with Crippen molar-refractivity contribution in [2.75, 3.05) is 50.6 Å². The summed E-state index contributed by atoms with van der Waals surface area (Å²) in [5.74, 6) is 0.0976. The fourth-order valence-corrected chi connectivity index (χ4v) is 4.69. The van der Waals surface area contributed by atoms with Crippen molar-refractivity contribution in [2.45, 2.75) is 0 Å². The highest BCUT2D eigenvalue weighted by Crippen LogP contribution is 2.32. The van der Waals surface area contributed by atoms with Gasteiger partial charge in [-0.2, -0.15) is 0 Å². The number of hydrogen-bond acceptors (Lipinski definition) is 5. The Bertz CT molecular complexity index is 900. The number of carbonyl (C=O) groups is 1. The molecule has 1 aliphatic rings. The number of benzene rings is 2. The van der Waals surface area contributed by atoms with Gasteiger partial charge in [0.1, 0.15) is 5.75 Å². The van der Waals surface area contributed by atoms with E-state index in [0.29, 0.717) is 15.8 Å². The quantitative estimate of drug-likeness (QED) is 0.568. The van der Waals surface area contributed by atoms with Crippen molar-refractivity contribution in [2.24, 2.45) is 0 Å². The van der Waals surface area contributed by atoms with Crippen molar-refractivity contribution in [3.05, 3.63) is 50.9 Å². The zero-order valence-electron chi connectivity index (χ0n) is 16.2. The molecule has 1 aliphatic heterocycles. The highest BCUT2D eigenvalue weighted by molar-refractivity contribution is 9.11. The fraction of sp³-hybridized carbons (Fsp3) is 0.300. The Balaban J connectivity index is 1.62. The van der Waals surface area contributed by atoms with E-state index in [4.69, 9.17) is 17.0 Å². The van der Waals surface area contributed by atoms with Gasteiger partial charge in [0.25, 0.3) is 5.91 Å². The molecule has 0 spiro atoms. The molecule has 0 aliphatic carbocycles. The zero-order valence-corrected chi connectivity index (χ0v) is 20.2. The molecule has 2 aromatic rings. The first-order valence-electron chi connectivity index (χ1n) is 9.06. The molecule has 6 nitrogen and oxygen atoms in total. The van der Waals surface area contributed by atoms with Gasteiger partial charge in [-0.3, -0.25) is 10.1 Å². The summed E-state index contributed by atoms with van der Waals surface area (Å²) in [6, 6.07) is 11.5. The van der Waals surface area contributed by atoms with Crippen LogP contribution in [0.3, 0.4) is 0 Å². The topological polar surface area (TPSA) is 56.8 Å². The molecule has 9 heteroatoms. The zero-order chi connectivity index (χ0) is 21.0. The lowest BCUT2D eigenvalue weighted by atomic mass is 10.2. The van der Waals surface area contributed by atoms with Crippen molar-refractivity contribution in [1.82, 2.24) is 10.2 Å². The lowest BCUT2D eigenvalue weighted by Gasteiger charge is -2.34. The minimum atomic E-state index is -0.351.